The maximum Gasteiger partial charge on any atom is 0.339 e. The van der Waals surface area contributed by atoms with E-state index in [9.17, 15) is 9.90 Å². The van der Waals surface area contributed by atoms with Crippen LogP contribution < -0.4 is 0 Å². The van der Waals surface area contributed by atoms with Crippen molar-refractivity contribution in [2.45, 2.75) is 25.6 Å². The van der Waals surface area contributed by atoms with Crippen molar-refractivity contribution in [3.63, 3.8) is 0 Å². The van der Waals surface area contributed by atoms with E-state index in [4.69, 9.17) is 16.4 Å². The molecule has 0 saturated heterocycles. The second-order valence-electron chi connectivity index (χ2n) is 2.51. The average molecular weight is 208 g/mol. The molecule has 2 atom stereocenters. The molecule has 0 aromatic rings. The summed E-state index contributed by atoms with van der Waals surface area (Å²) in [6.45, 7) is 1.88. The van der Waals surface area contributed by atoms with E-state index in [1.807, 2.05) is 0 Å². The monoisotopic (exact) mass is 207 g/mol. The number of aliphatic hydroxyl groups is 1. The third-order valence-electron chi connectivity index (χ3n) is 1.54. The van der Waals surface area contributed by atoms with Crippen molar-refractivity contribution in [3.05, 3.63) is 0 Å². The molecule has 74 valence electrons. The van der Waals surface area contributed by atoms with E-state index in [1.54, 1.807) is 6.92 Å². The molecule has 13 heavy (non-hydrogen) atoms. The van der Waals surface area contributed by atoms with Crippen LogP contribution >= 0.6 is 11.6 Å². The van der Waals surface area contributed by atoms with Gasteiger partial charge in [-0.25, -0.2) is 4.79 Å². The molecule has 0 aromatic heterocycles. The smallest absolute Gasteiger partial charge is 0.339 e. The van der Waals surface area contributed by atoms with Crippen LogP contribution in [0.3, 0.4) is 0 Å². The molecular formula is C7H10ClNO4. The number of hydrogen-bond acceptors (Lipinski definition) is 5. The number of aliphatic hydroxyl groups excluding tert-OH is 1. The molecule has 0 aromatic carbocycles. The molecule has 1 N–H and O–H groups in total. The fourth-order valence-corrected chi connectivity index (χ4v) is 1.11. The molecule has 2 unspecified atom stereocenters. The van der Waals surface area contributed by atoms with Gasteiger partial charge in [-0.2, -0.15) is 0 Å². The highest BCUT2D eigenvalue weighted by Crippen LogP contribution is 2.16. The van der Waals surface area contributed by atoms with Crippen molar-refractivity contribution >= 4 is 22.7 Å². The van der Waals surface area contributed by atoms with Crippen molar-refractivity contribution < 1.29 is 19.5 Å². The van der Waals surface area contributed by atoms with Gasteiger partial charge in [0, 0.05) is 6.42 Å². The van der Waals surface area contributed by atoms with Crippen LogP contribution in [0.2, 0.25) is 0 Å². The van der Waals surface area contributed by atoms with Crippen molar-refractivity contribution in [3.8, 4) is 0 Å². The lowest BCUT2D eigenvalue weighted by atomic mass is 10.1. The molecule has 1 heterocycles. The first-order valence-corrected chi connectivity index (χ1v) is 4.25. The standard InChI is InChI=1S/C7H10ClNO4/c1-2-12-7(11)6(10)4-3-5(8)9-13-4/h4,6,10H,2-3H2,1H3. The van der Waals surface area contributed by atoms with Gasteiger partial charge in [-0.15, -0.1) is 0 Å². The summed E-state index contributed by atoms with van der Waals surface area (Å²) in [5.74, 6) is -0.714. The van der Waals surface area contributed by atoms with Gasteiger partial charge < -0.3 is 14.7 Å². The lowest BCUT2D eigenvalue weighted by Crippen LogP contribution is -2.35. The first-order valence-electron chi connectivity index (χ1n) is 3.88. The maximum atomic E-state index is 11.0. The third kappa shape index (κ3) is 2.57. The maximum absolute atomic E-state index is 11.0. The van der Waals surface area contributed by atoms with Gasteiger partial charge in [0.15, 0.2) is 12.2 Å². The van der Waals surface area contributed by atoms with Crippen LogP contribution in [0.15, 0.2) is 5.16 Å². The Labute approximate surface area is 80.3 Å². The van der Waals surface area contributed by atoms with Gasteiger partial charge in [0.25, 0.3) is 0 Å². The molecule has 0 fully saturated rings. The van der Waals surface area contributed by atoms with Gasteiger partial charge >= 0.3 is 5.97 Å². The average Bonchev–Trinajstić information content (AvgIpc) is 2.51. The van der Waals surface area contributed by atoms with Crippen LogP contribution in [-0.4, -0.2) is 35.1 Å². The lowest BCUT2D eigenvalue weighted by Gasteiger charge is -2.13. The number of hydrogen-bond donors (Lipinski definition) is 1. The molecule has 6 heteroatoms. The number of rotatable bonds is 3. The van der Waals surface area contributed by atoms with Crippen molar-refractivity contribution in [2.75, 3.05) is 6.61 Å². The Morgan fingerprint density at radius 1 is 2.00 bits per heavy atom. The Morgan fingerprint density at radius 2 is 2.69 bits per heavy atom. The second-order valence-corrected chi connectivity index (χ2v) is 2.95. The highest BCUT2D eigenvalue weighted by molar-refractivity contribution is 6.65. The molecule has 0 spiro atoms. The van der Waals surface area contributed by atoms with E-state index in [-0.39, 0.29) is 18.2 Å². The van der Waals surface area contributed by atoms with Crippen molar-refractivity contribution in [1.29, 1.82) is 0 Å². The Balaban J connectivity index is 2.40. The fraction of sp³-hybridized carbons (Fsp3) is 0.714. The Bertz CT molecular complexity index is 231. The lowest BCUT2D eigenvalue weighted by molar-refractivity contribution is -0.160. The number of ether oxygens (including phenoxy) is 1. The van der Waals surface area contributed by atoms with Crippen LogP contribution in [0.25, 0.3) is 0 Å². The summed E-state index contributed by atoms with van der Waals surface area (Å²) in [5, 5.41) is 13.0. The van der Waals surface area contributed by atoms with E-state index < -0.39 is 18.2 Å². The van der Waals surface area contributed by atoms with Gasteiger partial charge in [0.1, 0.15) is 5.17 Å². The molecule has 1 aliphatic rings. The summed E-state index contributed by atoms with van der Waals surface area (Å²) in [5.41, 5.74) is 0. The van der Waals surface area contributed by atoms with E-state index >= 15 is 0 Å². The SMILES string of the molecule is CCOC(=O)C(O)C1CC(Cl)=NO1. The zero-order chi connectivity index (χ0) is 9.84. The molecule has 5 nitrogen and oxygen atoms in total. The predicted octanol–water partition coefficient (Wildman–Crippen LogP) is 0.252. The summed E-state index contributed by atoms with van der Waals surface area (Å²) < 4.78 is 4.59. The van der Waals surface area contributed by atoms with Gasteiger partial charge in [0.05, 0.1) is 6.61 Å². The minimum Gasteiger partial charge on any atom is -0.464 e. The Morgan fingerprint density at radius 3 is 3.15 bits per heavy atom. The van der Waals surface area contributed by atoms with Crippen LogP contribution in [0.5, 0.6) is 0 Å². The summed E-state index contributed by atoms with van der Waals surface area (Å²) in [6.07, 6.45) is -1.80. The zero-order valence-electron chi connectivity index (χ0n) is 7.07. The molecule has 0 saturated carbocycles. The first kappa shape index (κ1) is 10.3. The Hall–Kier alpha value is -0.810. The fourth-order valence-electron chi connectivity index (χ4n) is 0.914. The highest BCUT2D eigenvalue weighted by atomic mass is 35.5. The second kappa shape index (κ2) is 4.43. The molecule has 0 bridgehead atoms. The van der Waals surface area contributed by atoms with E-state index in [2.05, 4.69) is 9.89 Å². The van der Waals surface area contributed by atoms with E-state index in [0.717, 1.165) is 0 Å². The first-order chi connectivity index (χ1) is 6.15. The van der Waals surface area contributed by atoms with Gasteiger partial charge in [-0.3, -0.25) is 0 Å². The minimum atomic E-state index is -1.32. The van der Waals surface area contributed by atoms with Crippen LogP contribution in [0, 0.1) is 0 Å². The minimum absolute atomic E-state index is 0.219. The summed E-state index contributed by atoms with van der Waals surface area (Å²) in [6, 6.07) is 0. The molecule has 0 radical (unpaired) electrons. The summed E-state index contributed by atoms with van der Waals surface area (Å²) >= 11 is 5.49. The number of carbonyl (C=O) groups is 1. The molecular weight excluding hydrogens is 198 g/mol. The van der Waals surface area contributed by atoms with Gasteiger partial charge in [-0.1, -0.05) is 16.8 Å². The number of nitrogens with zero attached hydrogens (tertiary/aromatic N) is 1. The largest absolute Gasteiger partial charge is 0.464 e. The third-order valence-corrected chi connectivity index (χ3v) is 1.76. The number of esters is 1. The van der Waals surface area contributed by atoms with Crippen LogP contribution in [-0.2, 0) is 14.4 Å². The van der Waals surface area contributed by atoms with Crippen LogP contribution in [0.1, 0.15) is 13.3 Å². The molecule has 0 aliphatic carbocycles. The van der Waals surface area contributed by atoms with Gasteiger partial charge in [0.2, 0.25) is 0 Å². The quantitative estimate of drug-likeness (QED) is 0.674. The van der Waals surface area contributed by atoms with Crippen LogP contribution in [0.4, 0.5) is 0 Å². The van der Waals surface area contributed by atoms with Crippen molar-refractivity contribution in [1.82, 2.24) is 0 Å². The Kier molecular flexibility index (Phi) is 3.50. The highest BCUT2D eigenvalue weighted by Gasteiger charge is 2.33. The summed E-state index contributed by atoms with van der Waals surface area (Å²) in [4.78, 5) is 15.7. The van der Waals surface area contributed by atoms with E-state index in [1.165, 1.54) is 0 Å². The normalized spacial score (nSPS) is 23.3. The molecule has 1 rings (SSSR count). The van der Waals surface area contributed by atoms with Crippen molar-refractivity contribution in [2.24, 2.45) is 5.16 Å². The topological polar surface area (TPSA) is 68.1 Å². The van der Waals surface area contributed by atoms with E-state index in [0.29, 0.717) is 0 Å². The number of carbonyl (C=O) groups excluding carboxylic acids is 1. The molecule has 0 amide bonds. The zero-order valence-corrected chi connectivity index (χ0v) is 7.82. The summed E-state index contributed by atoms with van der Waals surface area (Å²) in [7, 11) is 0. The molecule has 1 aliphatic heterocycles. The predicted molar refractivity (Wildman–Crippen MR) is 45.4 cm³/mol. The van der Waals surface area contributed by atoms with Gasteiger partial charge in [-0.05, 0) is 6.92 Å². The number of halogens is 1. The number of oxime groups is 1.